The van der Waals surface area contributed by atoms with Gasteiger partial charge in [0.15, 0.2) is 0 Å². The molecule has 1 rings (SSSR count). The molecule has 0 saturated heterocycles. The van der Waals surface area contributed by atoms with Crippen LogP contribution in [0.2, 0.25) is 0 Å². The van der Waals surface area contributed by atoms with Gasteiger partial charge >= 0.3 is 0 Å². The zero-order valence-corrected chi connectivity index (χ0v) is 28.9. The standard InChI is InChI=1S/C39H77N2/c1-4-7-10-13-16-19-20-21-22-25-28-31-34-39-40(35-32-29-26-23-17-14-11-8-5-2)37-38-41(39)36-33-30-27-24-18-15-12-9-6-3/h37-38H,4-36H2,1-3H3/q+1. The molecule has 2 heteroatoms. The van der Waals surface area contributed by atoms with Crippen molar-refractivity contribution in [2.45, 2.75) is 233 Å². The van der Waals surface area contributed by atoms with Gasteiger partial charge in [0.05, 0.1) is 13.1 Å². The fourth-order valence-corrected chi connectivity index (χ4v) is 6.50. The Labute approximate surface area is 259 Å². The van der Waals surface area contributed by atoms with E-state index in [9.17, 15) is 0 Å². The first-order valence-electron chi connectivity index (χ1n) is 19.4. The normalized spacial score (nSPS) is 11.6. The van der Waals surface area contributed by atoms with Crippen LogP contribution in [0.25, 0.3) is 0 Å². The highest BCUT2D eigenvalue weighted by atomic mass is 15.1. The van der Waals surface area contributed by atoms with Crippen LogP contribution in [0.1, 0.15) is 219 Å². The van der Waals surface area contributed by atoms with E-state index >= 15 is 0 Å². The minimum Gasteiger partial charge on any atom is -0.234 e. The molecular weight excluding hydrogens is 496 g/mol. The van der Waals surface area contributed by atoms with Crippen LogP contribution in [-0.4, -0.2) is 4.57 Å². The zero-order chi connectivity index (χ0) is 29.5. The monoisotopic (exact) mass is 574 g/mol. The smallest absolute Gasteiger partial charge is 0.234 e. The molecule has 0 atom stereocenters. The van der Waals surface area contributed by atoms with Gasteiger partial charge in [-0.05, 0) is 32.1 Å². The van der Waals surface area contributed by atoms with Gasteiger partial charge in [-0.1, -0.05) is 181 Å². The van der Waals surface area contributed by atoms with Crippen LogP contribution < -0.4 is 4.57 Å². The molecule has 0 aliphatic heterocycles. The Morgan fingerprint density at radius 2 is 0.756 bits per heavy atom. The van der Waals surface area contributed by atoms with Gasteiger partial charge in [0.25, 0.3) is 5.82 Å². The van der Waals surface area contributed by atoms with Crippen molar-refractivity contribution in [1.82, 2.24) is 4.57 Å². The molecule has 1 heterocycles. The number of nitrogens with zero attached hydrogens (tertiary/aromatic N) is 2. The third kappa shape index (κ3) is 23.4. The number of imidazole rings is 1. The topological polar surface area (TPSA) is 8.81 Å². The Hall–Kier alpha value is -0.790. The van der Waals surface area contributed by atoms with Gasteiger partial charge in [-0.3, -0.25) is 0 Å². The van der Waals surface area contributed by atoms with E-state index in [4.69, 9.17) is 0 Å². The Morgan fingerprint density at radius 1 is 0.415 bits per heavy atom. The first-order valence-corrected chi connectivity index (χ1v) is 19.4. The fraction of sp³-hybridized carbons (Fsp3) is 0.923. The van der Waals surface area contributed by atoms with Crippen molar-refractivity contribution in [2.24, 2.45) is 0 Å². The van der Waals surface area contributed by atoms with Crippen molar-refractivity contribution in [2.75, 3.05) is 0 Å². The quantitative estimate of drug-likeness (QED) is 0.0584. The van der Waals surface area contributed by atoms with Crippen LogP contribution >= 0.6 is 0 Å². The molecule has 0 spiro atoms. The van der Waals surface area contributed by atoms with E-state index in [0.717, 1.165) is 0 Å². The SMILES string of the molecule is CCCCCCCCCCCCCCc1n(CCCCCCCCCCC)cc[n+]1CCCCCCCCCCC. The molecular formula is C39H77N2+. The van der Waals surface area contributed by atoms with Gasteiger partial charge in [-0.15, -0.1) is 0 Å². The molecule has 0 unspecified atom stereocenters. The lowest BCUT2D eigenvalue weighted by atomic mass is 10.0. The average Bonchev–Trinajstić information content (AvgIpc) is 3.37. The largest absolute Gasteiger partial charge is 0.256 e. The number of hydrogen-bond acceptors (Lipinski definition) is 0. The summed E-state index contributed by atoms with van der Waals surface area (Å²) in [6, 6.07) is 0. The second kappa shape index (κ2) is 30.7. The van der Waals surface area contributed by atoms with Crippen LogP contribution in [-0.2, 0) is 19.5 Å². The Morgan fingerprint density at radius 3 is 1.17 bits per heavy atom. The third-order valence-corrected chi connectivity index (χ3v) is 9.35. The number of aryl methyl sites for hydroxylation is 2. The van der Waals surface area contributed by atoms with Gasteiger partial charge in [0.1, 0.15) is 12.4 Å². The highest BCUT2D eigenvalue weighted by Crippen LogP contribution is 2.15. The molecule has 1 aromatic rings. The molecule has 0 fully saturated rings. The second-order valence-corrected chi connectivity index (χ2v) is 13.4. The molecule has 0 aromatic carbocycles. The van der Waals surface area contributed by atoms with Gasteiger partial charge in [0.2, 0.25) is 0 Å². The number of unbranched alkanes of at least 4 members (excludes halogenated alkanes) is 27. The molecule has 0 amide bonds. The molecule has 0 bridgehead atoms. The van der Waals surface area contributed by atoms with E-state index in [1.54, 1.807) is 5.82 Å². The van der Waals surface area contributed by atoms with Crippen molar-refractivity contribution in [3.8, 4) is 0 Å². The first-order chi connectivity index (χ1) is 20.3. The summed E-state index contributed by atoms with van der Waals surface area (Å²) in [6.45, 7) is 9.40. The number of aromatic nitrogens is 2. The van der Waals surface area contributed by atoms with Crippen LogP contribution in [0.5, 0.6) is 0 Å². The summed E-state index contributed by atoms with van der Waals surface area (Å²) in [5.74, 6) is 1.62. The van der Waals surface area contributed by atoms with E-state index in [1.807, 2.05) is 0 Å². The lowest BCUT2D eigenvalue weighted by Crippen LogP contribution is -2.37. The molecule has 0 radical (unpaired) electrons. The third-order valence-electron chi connectivity index (χ3n) is 9.35. The Bertz CT molecular complexity index is 594. The molecule has 0 aliphatic carbocycles. The Balaban J connectivity index is 2.31. The fourth-order valence-electron chi connectivity index (χ4n) is 6.50. The summed E-state index contributed by atoms with van der Waals surface area (Å²) in [6.07, 6.45) is 48.9. The van der Waals surface area contributed by atoms with Gasteiger partial charge in [0, 0.05) is 6.42 Å². The van der Waals surface area contributed by atoms with E-state index < -0.39 is 0 Å². The average molecular weight is 574 g/mol. The lowest BCUT2D eigenvalue weighted by molar-refractivity contribution is -0.704. The lowest BCUT2D eigenvalue weighted by Gasteiger charge is -2.07. The molecule has 0 saturated carbocycles. The van der Waals surface area contributed by atoms with Crippen molar-refractivity contribution >= 4 is 0 Å². The van der Waals surface area contributed by atoms with E-state index in [1.165, 1.54) is 212 Å². The summed E-state index contributed by atoms with van der Waals surface area (Å²) < 4.78 is 5.26. The maximum Gasteiger partial charge on any atom is 0.256 e. The summed E-state index contributed by atoms with van der Waals surface area (Å²) in [7, 11) is 0. The second-order valence-electron chi connectivity index (χ2n) is 13.4. The Kier molecular flexibility index (Phi) is 28.6. The summed E-state index contributed by atoms with van der Waals surface area (Å²) >= 11 is 0. The highest BCUT2D eigenvalue weighted by Gasteiger charge is 2.16. The minimum atomic E-state index is 1.23. The molecule has 41 heavy (non-hydrogen) atoms. The van der Waals surface area contributed by atoms with E-state index in [2.05, 4.69) is 42.3 Å². The van der Waals surface area contributed by atoms with Crippen LogP contribution in [0.15, 0.2) is 12.4 Å². The van der Waals surface area contributed by atoms with Crippen LogP contribution in [0.3, 0.4) is 0 Å². The molecule has 2 nitrogen and oxygen atoms in total. The van der Waals surface area contributed by atoms with Crippen molar-refractivity contribution in [3.05, 3.63) is 18.2 Å². The van der Waals surface area contributed by atoms with Crippen molar-refractivity contribution in [1.29, 1.82) is 0 Å². The van der Waals surface area contributed by atoms with E-state index in [-0.39, 0.29) is 0 Å². The predicted octanol–water partition coefficient (Wildman–Crippen LogP) is 13.1. The molecule has 242 valence electrons. The zero-order valence-electron chi connectivity index (χ0n) is 28.9. The summed E-state index contributed by atoms with van der Waals surface area (Å²) in [5, 5.41) is 0. The molecule has 1 aromatic heterocycles. The molecule has 0 N–H and O–H groups in total. The number of hydrogen-bond donors (Lipinski definition) is 0. The molecule has 0 aliphatic rings. The number of rotatable bonds is 33. The van der Waals surface area contributed by atoms with Crippen molar-refractivity contribution < 1.29 is 4.57 Å². The highest BCUT2D eigenvalue weighted by molar-refractivity contribution is 4.84. The van der Waals surface area contributed by atoms with Crippen LogP contribution in [0, 0.1) is 0 Å². The summed E-state index contributed by atoms with van der Waals surface area (Å²) in [5.41, 5.74) is 0. The van der Waals surface area contributed by atoms with Gasteiger partial charge in [-0.25, -0.2) is 9.13 Å². The maximum absolute atomic E-state index is 2.63. The van der Waals surface area contributed by atoms with Gasteiger partial charge < -0.3 is 0 Å². The van der Waals surface area contributed by atoms with Crippen molar-refractivity contribution in [3.63, 3.8) is 0 Å². The van der Waals surface area contributed by atoms with E-state index in [0.29, 0.717) is 0 Å². The van der Waals surface area contributed by atoms with Gasteiger partial charge in [-0.2, -0.15) is 0 Å². The first kappa shape index (κ1) is 38.2. The minimum absolute atomic E-state index is 1.23. The predicted molar refractivity (Wildman–Crippen MR) is 184 cm³/mol. The van der Waals surface area contributed by atoms with Crippen LogP contribution in [0.4, 0.5) is 0 Å². The maximum atomic E-state index is 2.63. The summed E-state index contributed by atoms with van der Waals surface area (Å²) in [4.78, 5) is 0.